The molecule has 2 aliphatic heterocycles. The van der Waals surface area contributed by atoms with Gasteiger partial charge in [0.05, 0.1) is 12.3 Å². The van der Waals surface area contributed by atoms with Gasteiger partial charge in [-0.15, -0.1) is 0 Å². The molecule has 0 amide bonds. The highest BCUT2D eigenvalue weighted by Crippen LogP contribution is 2.46. The van der Waals surface area contributed by atoms with Crippen LogP contribution in [0.3, 0.4) is 0 Å². The van der Waals surface area contributed by atoms with Crippen LogP contribution >= 0.6 is 0 Å². The fraction of sp³-hybridized carbons (Fsp3) is 0.455. The number of likely N-dealkylation sites (tertiary alicyclic amines) is 1. The number of fused-ring (bicyclic) bond motifs is 1. The fourth-order valence-corrected chi connectivity index (χ4v) is 6.08. The molecule has 2 fully saturated rings. The lowest BCUT2D eigenvalue weighted by Crippen LogP contribution is -2.35. The number of benzene rings is 2. The first-order valence-electron chi connectivity index (χ1n) is 9.78. The molecule has 0 saturated carbocycles. The lowest BCUT2D eigenvalue weighted by atomic mass is 9.90. The standard InChI is InChI=1S/C22H28N2O2S/c1-3-17-9-7-8-12-19(17)13-23-14-20-15-24(27(2,25)26)22(21(20)16-23)18-10-5-4-6-11-18/h4-12,20-22H,3,13-16H2,1-2H3/t20-,21-,22+/m1/s1. The van der Waals surface area contributed by atoms with Crippen LogP contribution in [-0.2, 0) is 23.0 Å². The number of rotatable bonds is 5. The van der Waals surface area contributed by atoms with E-state index in [0.29, 0.717) is 18.4 Å². The fourth-order valence-electron chi connectivity index (χ4n) is 4.93. The minimum atomic E-state index is -3.21. The molecule has 0 unspecified atom stereocenters. The summed E-state index contributed by atoms with van der Waals surface area (Å²) in [5, 5.41) is 0. The third-order valence-electron chi connectivity index (χ3n) is 6.16. The Balaban J connectivity index is 1.57. The Morgan fingerprint density at radius 1 is 0.926 bits per heavy atom. The molecule has 2 aromatic carbocycles. The van der Waals surface area contributed by atoms with E-state index in [0.717, 1.165) is 31.6 Å². The molecule has 3 atom stereocenters. The van der Waals surface area contributed by atoms with Crippen LogP contribution < -0.4 is 0 Å². The van der Waals surface area contributed by atoms with E-state index in [1.165, 1.54) is 17.4 Å². The first-order chi connectivity index (χ1) is 13.0. The quantitative estimate of drug-likeness (QED) is 0.794. The van der Waals surface area contributed by atoms with Crippen LogP contribution in [0.2, 0.25) is 0 Å². The highest BCUT2D eigenvalue weighted by atomic mass is 32.2. The predicted molar refractivity (Wildman–Crippen MR) is 109 cm³/mol. The van der Waals surface area contributed by atoms with Crippen LogP contribution in [0.4, 0.5) is 0 Å². The topological polar surface area (TPSA) is 40.6 Å². The van der Waals surface area contributed by atoms with Crippen LogP contribution in [-0.4, -0.2) is 43.5 Å². The predicted octanol–water partition coefficient (Wildman–Crippen LogP) is 3.31. The van der Waals surface area contributed by atoms with E-state index in [1.54, 1.807) is 4.31 Å². The molecule has 0 aromatic heterocycles. The van der Waals surface area contributed by atoms with E-state index in [1.807, 2.05) is 18.2 Å². The maximum atomic E-state index is 12.4. The molecule has 2 aliphatic rings. The van der Waals surface area contributed by atoms with Crippen molar-refractivity contribution in [1.29, 1.82) is 0 Å². The molecule has 5 heteroatoms. The Morgan fingerprint density at radius 2 is 1.59 bits per heavy atom. The second-order valence-electron chi connectivity index (χ2n) is 7.93. The number of hydrogen-bond donors (Lipinski definition) is 0. The van der Waals surface area contributed by atoms with Crippen molar-refractivity contribution >= 4 is 10.0 Å². The van der Waals surface area contributed by atoms with Gasteiger partial charge in [0.1, 0.15) is 0 Å². The normalized spacial score (nSPS) is 26.4. The van der Waals surface area contributed by atoms with E-state index in [4.69, 9.17) is 0 Å². The zero-order valence-corrected chi connectivity index (χ0v) is 16.9. The zero-order valence-electron chi connectivity index (χ0n) is 16.1. The van der Waals surface area contributed by atoms with Crippen LogP contribution in [0.25, 0.3) is 0 Å². The third kappa shape index (κ3) is 3.68. The van der Waals surface area contributed by atoms with Gasteiger partial charge in [0.15, 0.2) is 0 Å². The summed E-state index contributed by atoms with van der Waals surface area (Å²) >= 11 is 0. The number of hydrogen-bond acceptors (Lipinski definition) is 3. The lowest BCUT2D eigenvalue weighted by molar-refractivity contribution is 0.260. The smallest absolute Gasteiger partial charge is 0.211 e. The molecule has 144 valence electrons. The van der Waals surface area contributed by atoms with Crippen molar-refractivity contribution in [1.82, 2.24) is 9.21 Å². The molecule has 0 spiro atoms. The summed E-state index contributed by atoms with van der Waals surface area (Å²) in [6, 6.07) is 18.8. The minimum Gasteiger partial charge on any atom is -0.298 e. The van der Waals surface area contributed by atoms with Crippen molar-refractivity contribution in [2.24, 2.45) is 11.8 Å². The Hall–Kier alpha value is -1.69. The third-order valence-corrected chi connectivity index (χ3v) is 7.39. The van der Waals surface area contributed by atoms with E-state index in [-0.39, 0.29) is 6.04 Å². The van der Waals surface area contributed by atoms with Crippen molar-refractivity contribution in [3.05, 3.63) is 71.3 Å². The Morgan fingerprint density at radius 3 is 2.26 bits per heavy atom. The second-order valence-corrected chi connectivity index (χ2v) is 9.86. The molecular weight excluding hydrogens is 356 g/mol. The molecule has 2 aromatic rings. The Kier molecular flexibility index (Phi) is 5.10. The molecule has 0 N–H and O–H groups in total. The van der Waals surface area contributed by atoms with Crippen molar-refractivity contribution in [2.75, 3.05) is 25.9 Å². The van der Waals surface area contributed by atoms with Crippen molar-refractivity contribution in [3.63, 3.8) is 0 Å². The summed E-state index contributed by atoms with van der Waals surface area (Å²) in [5.41, 5.74) is 3.93. The van der Waals surface area contributed by atoms with Crippen LogP contribution in [0.15, 0.2) is 54.6 Å². The van der Waals surface area contributed by atoms with Gasteiger partial charge in [0, 0.05) is 26.2 Å². The second kappa shape index (κ2) is 7.38. The summed E-state index contributed by atoms with van der Waals surface area (Å²) in [7, 11) is -3.21. The minimum absolute atomic E-state index is 0.0439. The highest BCUT2D eigenvalue weighted by molar-refractivity contribution is 7.88. The van der Waals surface area contributed by atoms with Gasteiger partial charge in [-0.1, -0.05) is 61.5 Å². The van der Waals surface area contributed by atoms with Gasteiger partial charge in [0.2, 0.25) is 10.0 Å². The van der Waals surface area contributed by atoms with Gasteiger partial charge >= 0.3 is 0 Å². The van der Waals surface area contributed by atoms with Crippen LogP contribution in [0.1, 0.15) is 29.7 Å². The average Bonchev–Trinajstić information content (AvgIpc) is 3.20. The summed E-state index contributed by atoms with van der Waals surface area (Å²) in [4.78, 5) is 2.51. The molecule has 0 aliphatic carbocycles. The first-order valence-corrected chi connectivity index (χ1v) is 11.6. The summed E-state index contributed by atoms with van der Waals surface area (Å²) in [6.45, 7) is 5.71. The summed E-state index contributed by atoms with van der Waals surface area (Å²) in [6.07, 6.45) is 2.39. The van der Waals surface area contributed by atoms with Gasteiger partial charge in [0.25, 0.3) is 0 Å². The SMILES string of the molecule is CCc1ccccc1CN1C[C@@H]2CN(S(C)(=O)=O)[C@@H](c3ccccc3)[C@@H]2C1. The average molecular weight is 385 g/mol. The van der Waals surface area contributed by atoms with E-state index < -0.39 is 10.0 Å². The Labute approximate surface area is 162 Å². The molecule has 2 heterocycles. The molecule has 2 saturated heterocycles. The molecule has 0 bridgehead atoms. The molecule has 27 heavy (non-hydrogen) atoms. The monoisotopic (exact) mass is 384 g/mol. The van der Waals surface area contributed by atoms with Crippen molar-refractivity contribution in [2.45, 2.75) is 25.9 Å². The van der Waals surface area contributed by atoms with Gasteiger partial charge < -0.3 is 0 Å². The van der Waals surface area contributed by atoms with Crippen LogP contribution in [0.5, 0.6) is 0 Å². The molecule has 4 rings (SSSR count). The highest BCUT2D eigenvalue weighted by Gasteiger charge is 2.50. The number of sulfonamides is 1. The first kappa shape index (κ1) is 18.7. The number of nitrogens with zero attached hydrogens (tertiary/aromatic N) is 2. The molecule has 0 radical (unpaired) electrons. The summed E-state index contributed by atoms with van der Waals surface area (Å²) in [5.74, 6) is 0.759. The van der Waals surface area contributed by atoms with E-state index >= 15 is 0 Å². The van der Waals surface area contributed by atoms with Crippen LogP contribution in [0, 0.1) is 11.8 Å². The molecule has 4 nitrogen and oxygen atoms in total. The zero-order chi connectivity index (χ0) is 19.0. The van der Waals surface area contributed by atoms with Gasteiger partial charge in [-0.25, -0.2) is 8.42 Å². The maximum absolute atomic E-state index is 12.4. The Bertz CT molecular complexity index is 898. The maximum Gasteiger partial charge on any atom is 0.211 e. The number of aryl methyl sites for hydroxylation is 1. The largest absolute Gasteiger partial charge is 0.298 e. The lowest BCUT2D eigenvalue weighted by Gasteiger charge is -2.28. The van der Waals surface area contributed by atoms with Crippen molar-refractivity contribution in [3.8, 4) is 0 Å². The van der Waals surface area contributed by atoms with Gasteiger partial charge in [-0.2, -0.15) is 4.31 Å². The van der Waals surface area contributed by atoms with E-state index in [9.17, 15) is 8.42 Å². The molecular formula is C22H28N2O2S. The van der Waals surface area contributed by atoms with Gasteiger partial charge in [-0.05, 0) is 34.9 Å². The van der Waals surface area contributed by atoms with Crippen molar-refractivity contribution < 1.29 is 8.42 Å². The van der Waals surface area contributed by atoms with E-state index in [2.05, 4.69) is 48.2 Å². The van der Waals surface area contributed by atoms with Gasteiger partial charge in [-0.3, -0.25) is 4.90 Å². The summed E-state index contributed by atoms with van der Waals surface area (Å²) < 4.78 is 26.6.